The van der Waals surface area contributed by atoms with Gasteiger partial charge >= 0.3 is 11.9 Å². The Kier molecular flexibility index (Phi) is 12.0. The van der Waals surface area contributed by atoms with Crippen molar-refractivity contribution in [3.63, 3.8) is 0 Å². The molecule has 2 saturated carbocycles. The molecule has 242 valence electrons. The number of nitrogens with one attached hydrogen (secondary N) is 2. The molecule has 2 aliphatic rings. The number of benzene rings is 3. The van der Waals surface area contributed by atoms with Crippen molar-refractivity contribution in [3.05, 3.63) is 108 Å². The zero-order chi connectivity index (χ0) is 32.1. The minimum Gasteiger partial charge on any atom is -0.461 e. The molecule has 0 saturated heterocycles. The van der Waals surface area contributed by atoms with E-state index in [9.17, 15) is 19.2 Å². The molecule has 0 aromatic heterocycles. The number of hydrogen-bond acceptors (Lipinski definition) is 6. The average molecular weight is 625 g/mol. The van der Waals surface area contributed by atoms with E-state index in [2.05, 4.69) is 10.6 Å². The first-order valence-electron chi connectivity index (χ1n) is 16.5. The van der Waals surface area contributed by atoms with E-state index in [0.717, 1.165) is 42.4 Å². The highest BCUT2D eigenvalue weighted by Crippen LogP contribution is 2.36. The summed E-state index contributed by atoms with van der Waals surface area (Å²) in [6.07, 6.45) is 6.21. The Morgan fingerprint density at radius 1 is 0.609 bits per heavy atom. The Morgan fingerprint density at radius 3 is 1.57 bits per heavy atom. The van der Waals surface area contributed by atoms with Crippen LogP contribution in [0.3, 0.4) is 0 Å². The van der Waals surface area contributed by atoms with Crippen LogP contribution in [0.15, 0.2) is 91.0 Å². The quantitative estimate of drug-likeness (QED) is 0.251. The second-order valence-electron chi connectivity index (χ2n) is 12.6. The first-order chi connectivity index (χ1) is 22.4. The molecule has 0 radical (unpaired) electrons. The van der Waals surface area contributed by atoms with Crippen molar-refractivity contribution in [2.24, 2.45) is 17.8 Å². The second kappa shape index (κ2) is 16.7. The molecule has 0 bridgehead atoms. The van der Waals surface area contributed by atoms with Gasteiger partial charge in [0, 0.05) is 18.4 Å². The molecular formula is C38H44N2O6. The van der Waals surface area contributed by atoms with Gasteiger partial charge in [0.05, 0.1) is 11.8 Å². The largest absolute Gasteiger partial charge is 0.461 e. The zero-order valence-electron chi connectivity index (χ0n) is 26.3. The van der Waals surface area contributed by atoms with Crippen molar-refractivity contribution in [1.82, 2.24) is 10.6 Å². The Balaban J connectivity index is 1.29. The molecule has 8 nitrogen and oxygen atoms in total. The summed E-state index contributed by atoms with van der Waals surface area (Å²) in [4.78, 5) is 54.1. The molecule has 2 fully saturated rings. The van der Waals surface area contributed by atoms with Gasteiger partial charge in [-0.05, 0) is 48.8 Å². The van der Waals surface area contributed by atoms with Crippen LogP contribution < -0.4 is 10.6 Å². The fourth-order valence-corrected chi connectivity index (χ4v) is 6.51. The summed E-state index contributed by atoms with van der Waals surface area (Å²) in [6, 6.07) is 27.7. The molecule has 4 atom stereocenters. The topological polar surface area (TPSA) is 111 Å². The summed E-state index contributed by atoms with van der Waals surface area (Å²) < 4.78 is 11.3. The van der Waals surface area contributed by atoms with Gasteiger partial charge in [0.15, 0.2) is 0 Å². The zero-order valence-corrected chi connectivity index (χ0v) is 26.3. The Labute approximate surface area is 271 Å². The third-order valence-electron chi connectivity index (χ3n) is 9.06. The number of hydrogen-bond donors (Lipinski definition) is 2. The lowest BCUT2D eigenvalue weighted by Gasteiger charge is -2.33. The van der Waals surface area contributed by atoms with E-state index >= 15 is 0 Å². The maximum atomic E-state index is 13.9. The molecule has 1 unspecified atom stereocenters. The molecule has 2 N–H and O–H groups in total. The van der Waals surface area contributed by atoms with E-state index < -0.39 is 35.7 Å². The number of carbonyl (C=O) groups excluding carboxylic acids is 4. The van der Waals surface area contributed by atoms with Gasteiger partial charge < -0.3 is 20.1 Å². The first kappa shape index (κ1) is 32.9. The molecule has 2 aliphatic carbocycles. The van der Waals surface area contributed by atoms with Crippen LogP contribution in [0.2, 0.25) is 0 Å². The van der Waals surface area contributed by atoms with Crippen LogP contribution in [0, 0.1) is 17.8 Å². The monoisotopic (exact) mass is 624 g/mol. The molecule has 0 aliphatic heterocycles. The standard InChI is InChI=1S/C38H44N2O6/c41-35(40-34(21-27-13-5-1-6-14-27)36(42)39-33-19-11-4-12-20-33)30-22-31(37(43)45-25-28-15-7-2-8-16-28)24-32(23-30)38(44)46-26-29-17-9-3-10-18-29/h1-3,5-10,13-18,30-34H,4,11-12,19-26H2,(H,39,42)(H,40,41)/t30?,31-,32+,34-/m0/s1. The number of rotatable bonds is 12. The molecule has 2 amide bonds. The van der Waals surface area contributed by atoms with Gasteiger partial charge in [0.25, 0.3) is 0 Å². The molecule has 0 heterocycles. The van der Waals surface area contributed by atoms with E-state index in [1.807, 2.05) is 91.0 Å². The normalized spacial score (nSPS) is 20.6. The van der Waals surface area contributed by atoms with Gasteiger partial charge in [-0.25, -0.2) is 0 Å². The van der Waals surface area contributed by atoms with Crippen molar-refractivity contribution >= 4 is 23.8 Å². The van der Waals surface area contributed by atoms with Gasteiger partial charge in [-0.15, -0.1) is 0 Å². The lowest BCUT2D eigenvalue weighted by molar-refractivity contribution is -0.158. The highest BCUT2D eigenvalue weighted by molar-refractivity contribution is 5.89. The van der Waals surface area contributed by atoms with Gasteiger partial charge in [0.1, 0.15) is 19.3 Å². The molecule has 5 rings (SSSR count). The van der Waals surface area contributed by atoms with E-state index in [0.29, 0.717) is 6.42 Å². The SMILES string of the molecule is O=C(N[C@@H](Cc1ccccc1)C(=O)NC1CCCCC1)C1C[C@@H](C(=O)OCc2ccccc2)C[C@@H](C(=O)OCc2ccccc2)C1. The second-order valence-corrected chi connectivity index (χ2v) is 12.6. The van der Waals surface area contributed by atoms with Gasteiger partial charge in [0.2, 0.25) is 11.8 Å². The fourth-order valence-electron chi connectivity index (χ4n) is 6.51. The third-order valence-corrected chi connectivity index (χ3v) is 9.06. The first-order valence-corrected chi connectivity index (χ1v) is 16.5. The summed E-state index contributed by atoms with van der Waals surface area (Å²) in [6.45, 7) is 0.216. The summed E-state index contributed by atoms with van der Waals surface area (Å²) in [5.74, 6) is -3.44. The minimum atomic E-state index is -0.786. The molecule has 3 aromatic rings. The Hall–Kier alpha value is -4.46. The number of ether oxygens (including phenoxy) is 2. The third kappa shape index (κ3) is 9.77. The summed E-state index contributed by atoms with van der Waals surface area (Å²) in [5.41, 5.74) is 2.64. The van der Waals surface area contributed by atoms with Crippen molar-refractivity contribution in [1.29, 1.82) is 0 Å². The van der Waals surface area contributed by atoms with Crippen LogP contribution in [0.4, 0.5) is 0 Å². The summed E-state index contributed by atoms with van der Waals surface area (Å²) >= 11 is 0. The highest BCUT2D eigenvalue weighted by atomic mass is 16.5. The van der Waals surface area contributed by atoms with Gasteiger partial charge in [-0.1, -0.05) is 110 Å². The van der Waals surface area contributed by atoms with Crippen molar-refractivity contribution in [3.8, 4) is 0 Å². The van der Waals surface area contributed by atoms with Gasteiger partial charge in [-0.3, -0.25) is 19.2 Å². The molecule has 3 aromatic carbocycles. The number of carbonyl (C=O) groups is 4. The Morgan fingerprint density at radius 2 is 1.07 bits per heavy atom. The lowest BCUT2D eigenvalue weighted by atomic mass is 9.74. The van der Waals surface area contributed by atoms with E-state index in [4.69, 9.17) is 9.47 Å². The summed E-state index contributed by atoms with van der Waals surface area (Å²) in [5, 5.41) is 6.17. The number of esters is 2. The lowest BCUT2D eigenvalue weighted by Crippen LogP contribution is -2.53. The van der Waals surface area contributed by atoms with Crippen LogP contribution >= 0.6 is 0 Å². The van der Waals surface area contributed by atoms with Crippen LogP contribution in [0.25, 0.3) is 0 Å². The van der Waals surface area contributed by atoms with Crippen molar-refractivity contribution in [2.75, 3.05) is 0 Å². The van der Waals surface area contributed by atoms with Crippen molar-refractivity contribution in [2.45, 2.75) is 83.1 Å². The van der Waals surface area contributed by atoms with E-state index in [1.54, 1.807) is 0 Å². The molecule has 0 spiro atoms. The van der Waals surface area contributed by atoms with Crippen LogP contribution in [-0.4, -0.2) is 35.8 Å². The van der Waals surface area contributed by atoms with Gasteiger partial charge in [-0.2, -0.15) is 0 Å². The number of amides is 2. The van der Waals surface area contributed by atoms with E-state index in [-0.39, 0.29) is 50.3 Å². The molecular weight excluding hydrogens is 580 g/mol. The predicted molar refractivity (Wildman–Crippen MR) is 174 cm³/mol. The van der Waals surface area contributed by atoms with Crippen LogP contribution in [0.5, 0.6) is 0 Å². The molecule has 46 heavy (non-hydrogen) atoms. The minimum absolute atomic E-state index is 0.0960. The average Bonchev–Trinajstić information content (AvgIpc) is 3.10. The highest BCUT2D eigenvalue weighted by Gasteiger charge is 2.41. The fraction of sp³-hybridized carbons (Fsp3) is 0.421. The Bertz CT molecular complexity index is 1360. The van der Waals surface area contributed by atoms with Crippen LogP contribution in [-0.2, 0) is 48.3 Å². The smallest absolute Gasteiger partial charge is 0.309 e. The van der Waals surface area contributed by atoms with Crippen molar-refractivity contribution < 1.29 is 28.7 Å². The van der Waals surface area contributed by atoms with Crippen LogP contribution in [0.1, 0.15) is 68.1 Å². The summed E-state index contributed by atoms with van der Waals surface area (Å²) in [7, 11) is 0. The predicted octanol–water partition coefficient (Wildman–Crippen LogP) is 5.68. The maximum Gasteiger partial charge on any atom is 0.309 e. The molecule has 8 heteroatoms. The van der Waals surface area contributed by atoms with E-state index in [1.165, 1.54) is 6.42 Å². The maximum absolute atomic E-state index is 13.9.